The molecule has 0 heteroatoms. The Morgan fingerprint density at radius 2 is 2.00 bits per heavy atom. The zero-order valence-corrected chi connectivity index (χ0v) is 11.4. The summed E-state index contributed by atoms with van der Waals surface area (Å²) < 4.78 is 0. The molecule has 0 amide bonds. The van der Waals surface area contributed by atoms with Gasteiger partial charge < -0.3 is 0 Å². The summed E-state index contributed by atoms with van der Waals surface area (Å²) in [5.41, 5.74) is 8.54. The van der Waals surface area contributed by atoms with Crippen LogP contribution in [0.25, 0.3) is 11.1 Å². The number of allylic oxidation sites excluding steroid dienone is 3. The molecular weight excluding hydrogens is 204 g/mol. The summed E-state index contributed by atoms with van der Waals surface area (Å²) in [7, 11) is 0. The summed E-state index contributed by atoms with van der Waals surface area (Å²) in [4.78, 5) is 0. The van der Waals surface area contributed by atoms with E-state index >= 15 is 0 Å². The zero-order chi connectivity index (χ0) is 12.6. The van der Waals surface area contributed by atoms with Crippen molar-refractivity contribution in [3.05, 3.63) is 47.0 Å². The summed E-state index contributed by atoms with van der Waals surface area (Å²) in [6, 6.07) is 6.85. The number of rotatable bonds is 3. The first kappa shape index (κ1) is 12.2. The highest BCUT2D eigenvalue weighted by atomic mass is 14.3. The minimum atomic E-state index is 0.638. The summed E-state index contributed by atoms with van der Waals surface area (Å²) in [6.07, 6.45) is 2.34. The van der Waals surface area contributed by atoms with E-state index in [1.54, 1.807) is 11.1 Å². The van der Waals surface area contributed by atoms with Crippen molar-refractivity contribution in [2.75, 3.05) is 0 Å². The molecule has 1 aliphatic rings. The molecule has 0 heterocycles. The van der Waals surface area contributed by atoms with Crippen LogP contribution in [0.15, 0.2) is 30.4 Å². The van der Waals surface area contributed by atoms with Crippen LogP contribution in [0.1, 0.15) is 63.1 Å². The molecule has 0 saturated carbocycles. The first-order valence-electron chi connectivity index (χ1n) is 6.59. The maximum atomic E-state index is 4.04. The molecule has 2 rings (SSSR count). The van der Waals surface area contributed by atoms with Crippen LogP contribution in [0.4, 0.5) is 0 Å². The molecule has 0 aliphatic heterocycles. The summed E-state index contributed by atoms with van der Waals surface area (Å²) in [5, 5.41) is 0. The molecular formula is C17H22. The van der Waals surface area contributed by atoms with E-state index in [4.69, 9.17) is 0 Å². The van der Waals surface area contributed by atoms with Crippen molar-refractivity contribution in [3.8, 4) is 0 Å². The summed E-state index contributed by atoms with van der Waals surface area (Å²) >= 11 is 0. The molecule has 17 heavy (non-hydrogen) atoms. The van der Waals surface area contributed by atoms with Crippen LogP contribution in [0.3, 0.4) is 0 Å². The third-order valence-electron chi connectivity index (χ3n) is 4.01. The summed E-state index contributed by atoms with van der Waals surface area (Å²) in [5.74, 6) is 0.638. The average Bonchev–Trinajstić information content (AvgIpc) is 2.58. The van der Waals surface area contributed by atoms with Gasteiger partial charge in [-0.15, -0.1) is 0 Å². The van der Waals surface area contributed by atoms with Crippen molar-refractivity contribution in [3.63, 3.8) is 0 Å². The van der Waals surface area contributed by atoms with Gasteiger partial charge in [0, 0.05) is 5.92 Å². The molecule has 0 radical (unpaired) electrons. The van der Waals surface area contributed by atoms with Gasteiger partial charge in [0.25, 0.3) is 0 Å². The van der Waals surface area contributed by atoms with Gasteiger partial charge in [-0.2, -0.15) is 0 Å². The van der Waals surface area contributed by atoms with E-state index in [0.29, 0.717) is 5.92 Å². The standard InChI is InChI=1S/C17H22/c1-6-14-12(5)15(7-2)17-10-13(11(3)4)8-9-16(14)17/h8-10,14H,3,6-7H2,1-2,4-5H3. The van der Waals surface area contributed by atoms with E-state index in [-0.39, 0.29) is 0 Å². The van der Waals surface area contributed by atoms with Gasteiger partial charge in [0.2, 0.25) is 0 Å². The predicted octanol–water partition coefficient (Wildman–Crippen LogP) is 5.41. The molecule has 1 unspecified atom stereocenters. The van der Waals surface area contributed by atoms with Crippen LogP contribution in [0.5, 0.6) is 0 Å². The van der Waals surface area contributed by atoms with Gasteiger partial charge in [-0.05, 0) is 55.0 Å². The molecule has 0 bridgehead atoms. The highest BCUT2D eigenvalue weighted by Crippen LogP contribution is 2.45. The topological polar surface area (TPSA) is 0 Å². The maximum absolute atomic E-state index is 4.04. The van der Waals surface area contributed by atoms with Crippen molar-refractivity contribution in [2.24, 2.45) is 0 Å². The van der Waals surface area contributed by atoms with E-state index in [0.717, 1.165) is 12.0 Å². The molecule has 1 atom stereocenters. The van der Waals surface area contributed by atoms with Crippen LogP contribution in [0, 0.1) is 0 Å². The molecule has 0 spiro atoms. The lowest BCUT2D eigenvalue weighted by Crippen LogP contribution is -1.95. The lowest BCUT2D eigenvalue weighted by molar-refractivity contribution is 0.774. The van der Waals surface area contributed by atoms with E-state index in [1.807, 2.05) is 0 Å². The molecule has 0 aromatic heterocycles. The normalized spacial score (nSPS) is 18.5. The first-order chi connectivity index (χ1) is 8.10. The lowest BCUT2D eigenvalue weighted by Gasteiger charge is -2.12. The van der Waals surface area contributed by atoms with Crippen molar-refractivity contribution < 1.29 is 0 Å². The van der Waals surface area contributed by atoms with Crippen LogP contribution in [0.2, 0.25) is 0 Å². The van der Waals surface area contributed by atoms with Crippen LogP contribution < -0.4 is 0 Å². The zero-order valence-electron chi connectivity index (χ0n) is 11.4. The second kappa shape index (κ2) is 4.52. The Morgan fingerprint density at radius 3 is 2.53 bits per heavy atom. The number of benzene rings is 1. The minimum absolute atomic E-state index is 0.638. The minimum Gasteiger partial charge on any atom is -0.0955 e. The molecule has 1 aromatic carbocycles. The van der Waals surface area contributed by atoms with Gasteiger partial charge in [0.1, 0.15) is 0 Å². The number of hydrogen-bond acceptors (Lipinski definition) is 0. The van der Waals surface area contributed by atoms with Gasteiger partial charge in [0.15, 0.2) is 0 Å². The molecule has 1 aromatic rings. The Labute approximate surface area is 105 Å². The second-order valence-electron chi connectivity index (χ2n) is 5.06. The van der Waals surface area contributed by atoms with Crippen molar-refractivity contribution in [1.82, 2.24) is 0 Å². The van der Waals surface area contributed by atoms with E-state index in [9.17, 15) is 0 Å². The lowest BCUT2D eigenvalue weighted by atomic mass is 9.93. The van der Waals surface area contributed by atoms with Gasteiger partial charge in [-0.25, -0.2) is 0 Å². The molecule has 0 N–H and O–H groups in total. The largest absolute Gasteiger partial charge is 0.0955 e. The smallest absolute Gasteiger partial charge is 0.00548 e. The SMILES string of the molecule is C=C(C)c1ccc2c(c1)C(CC)=C(C)C2CC. The molecule has 90 valence electrons. The van der Waals surface area contributed by atoms with Crippen LogP contribution in [-0.4, -0.2) is 0 Å². The number of hydrogen-bond donors (Lipinski definition) is 0. The van der Waals surface area contributed by atoms with Gasteiger partial charge in [-0.1, -0.05) is 43.7 Å². The fourth-order valence-corrected chi connectivity index (χ4v) is 3.04. The van der Waals surface area contributed by atoms with Crippen molar-refractivity contribution >= 4 is 11.1 Å². The quantitative estimate of drug-likeness (QED) is 0.646. The van der Waals surface area contributed by atoms with Gasteiger partial charge in [0.05, 0.1) is 0 Å². The van der Waals surface area contributed by atoms with E-state index < -0.39 is 0 Å². The first-order valence-corrected chi connectivity index (χ1v) is 6.59. The second-order valence-corrected chi connectivity index (χ2v) is 5.06. The summed E-state index contributed by atoms with van der Waals surface area (Å²) in [6.45, 7) is 13.0. The monoisotopic (exact) mass is 226 g/mol. The highest BCUT2D eigenvalue weighted by Gasteiger charge is 2.26. The molecule has 0 nitrogen and oxygen atoms in total. The predicted molar refractivity (Wildman–Crippen MR) is 77.1 cm³/mol. The Balaban J connectivity index is 2.59. The van der Waals surface area contributed by atoms with Crippen LogP contribution in [-0.2, 0) is 0 Å². The Bertz CT molecular complexity index is 489. The fraction of sp³-hybridized carbons (Fsp3) is 0.412. The number of fused-ring (bicyclic) bond motifs is 1. The highest BCUT2D eigenvalue weighted by molar-refractivity contribution is 5.80. The maximum Gasteiger partial charge on any atom is 0.00548 e. The van der Waals surface area contributed by atoms with Gasteiger partial charge >= 0.3 is 0 Å². The fourth-order valence-electron chi connectivity index (χ4n) is 3.04. The van der Waals surface area contributed by atoms with Crippen molar-refractivity contribution in [2.45, 2.75) is 46.5 Å². The Morgan fingerprint density at radius 1 is 1.29 bits per heavy atom. The molecule has 0 saturated heterocycles. The third-order valence-corrected chi connectivity index (χ3v) is 4.01. The van der Waals surface area contributed by atoms with Crippen molar-refractivity contribution in [1.29, 1.82) is 0 Å². The third kappa shape index (κ3) is 1.86. The molecule has 0 fully saturated rings. The Hall–Kier alpha value is -1.30. The van der Waals surface area contributed by atoms with Gasteiger partial charge in [-0.3, -0.25) is 0 Å². The molecule has 1 aliphatic carbocycles. The van der Waals surface area contributed by atoms with E-state index in [1.165, 1.54) is 23.1 Å². The average molecular weight is 226 g/mol. The van der Waals surface area contributed by atoms with E-state index in [2.05, 4.69) is 52.5 Å². The van der Waals surface area contributed by atoms with Crippen LogP contribution >= 0.6 is 0 Å². The Kier molecular flexibility index (Phi) is 3.24.